The Morgan fingerprint density at radius 1 is 1.40 bits per heavy atom. The zero-order chi connectivity index (χ0) is 14.8. The molecule has 1 fully saturated rings. The van der Waals surface area contributed by atoms with Gasteiger partial charge < -0.3 is 10.5 Å². The normalized spacial score (nSPS) is 24.8. The number of benzene rings is 1. The fourth-order valence-electron chi connectivity index (χ4n) is 2.29. The van der Waals surface area contributed by atoms with Gasteiger partial charge >= 0.3 is 0 Å². The van der Waals surface area contributed by atoms with E-state index in [2.05, 4.69) is 4.72 Å². The van der Waals surface area contributed by atoms with Crippen molar-refractivity contribution < 1.29 is 13.2 Å². The zero-order valence-corrected chi connectivity index (χ0v) is 12.7. The highest BCUT2D eigenvalue weighted by molar-refractivity contribution is 7.89. The Labute approximate surface area is 120 Å². The van der Waals surface area contributed by atoms with Crippen LogP contribution in [0.25, 0.3) is 0 Å². The van der Waals surface area contributed by atoms with Crippen molar-refractivity contribution in [3.8, 4) is 0 Å². The summed E-state index contributed by atoms with van der Waals surface area (Å²) >= 11 is 0. The highest BCUT2D eigenvalue weighted by atomic mass is 32.2. The van der Waals surface area contributed by atoms with Crippen LogP contribution in [0.2, 0.25) is 0 Å². The van der Waals surface area contributed by atoms with Gasteiger partial charge in [-0.05, 0) is 38.0 Å². The Morgan fingerprint density at radius 2 is 2.05 bits per heavy atom. The van der Waals surface area contributed by atoms with Crippen LogP contribution in [-0.2, 0) is 14.8 Å². The summed E-state index contributed by atoms with van der Waals surface area (Å²) in [6, 6.07) is 6.59. The molecule has 0 radical (unpaired) electrons. The lowest BCUT2D eigenvalue weighted by atomic mass is 10.0. The van der Waals surface area contributed by atoms with Crippen LogP contribution in [0.15, 0.2) is 29.2 Å². The summed E-state index contributed by atoms with van der Waals surface area (Å²) in [7, 11) is -3.46. The molecule has 1 aliphatic rings. The quantitative estimate of drug-likeness (QED) is 0.861. The van der Waals surface area contributed by atoms with E-state index in [1.807, 2.05) is 13.8 Å². The molecule has 0 aliphatic carbocycles. The van der Waals surface area contributed by atoms with Crippen molar-refractivity contribution in [1.82, 2.24) is 4.72 Å². The monoisotopic (exact) mass is 298 g/mol. The molecule has 1 saturated heterocycles. The van der Waals surface area contributed by atoms with Gasteiger partial charge in [-0.25, -0.2) is 13.1 Å². The van der Waals surface area contributed by atoms with E-state index >= 15 is 0 Å². The van der Waals surface area contributed by atoms with Gasteiger partial charge in [0.15, 0.2) is 0 Å². The number of sulfonamides is 1. The highest BCUT2D eigenvalue weighted by Crippen LogP contribution is 2.20. The molecule has 0 spiro atoms. The first-order valence-corrected chi connectivity index (χ1v) is 8.35. The van der Waals surface area contributed by atoms with E-state index in [1.165, 1.54) is 0 Å². The SMILES string of the molecule is CC(N)c1ccc(S(=O)(=O)NCC2CCOC2C)cc1. The summed E-state index contributed by atoms with van der Waals surface area (Å²) in [6.07, 6.45) is 1.01. The molecule has 5 nitrogen and oxygen atoms in total. The van der Waals surface area contributed by atoms with Gasteiger partial charge in [0.05, 0.1) is 11.0 Å². The van der Waals surface area contributed by atoms with Crippen LogP contribution in [0.3, 0.4) is 0 Å². The Hall–Kier alpha value is -0.950. The minimum Gasteiger partial charge on any atom is -0.378 e. The van der Waals surface area contributed by atoms with Crippen LogP contribution >= 0.6 is 0 Å². The number of ether oxygens (including phenoxy) is 1. The number of nitrogens with two attached hydrogens (primary N) is 1. The van der Waals surface area contributed by atoms with Crippen LogP contribution in [-0.4, -0.2) is 27.7 Å². The van der Waals surface area contributed by atoms with Gasteiger partial charge in [0, 0.05) is 25.1 Å². The summed E-state index contributed by atoms with van der Waals surface area (Å²) in [5.74, 6) is 0.244. The van der Waals surface area contributed by atoms with Gasteiger partial charge in [0.1, 0.15) is 0 Å². The van der Waals surface area contributed by atoms with Crippen molar-refractivity contribution in [2.45, 2.75) is 37.3 Å². The maximum Gasteiger partial charge on any atom is 0.240 e. The van der Waals surface area contributed by atoms with E-state index in [9.17, 15) is 8.42 Å². The highest BCUT2D eigenvalue weighted by Gasteiger charge is 2.26. The average molecular weight is 298 g/mol. The van der Waals surface area contributed by atoms with E-state index in [-0.39, 0.29) is 23.0 Å². The van der Waals surface area contributed by atoms with E-state index in [1.54, 1.807) is 24.3 Å². The van der Waals surface area contributed by atoms with Gasteiger partial charge in [-0.3, -0.25) is 0 Å². The Morgan fingerprint density at radius 3 is 2.55 bits per heavy atom. The van der Waals surface area contributed by atoms with E-state index in [4.69, 9.17) is 10.5 Å². The molecule has 3 unspecified atom stereocenters. The minimum absolute atomic E-state index is 0.101. The standard InChI is InChI=1S/C14H22N2O3S/c1-10(15)12-3-5-14(6-4-12)20(17,18)16-9-13-7-8-19-11(13)2/h3-6,10-11,13,16H,7-9,15H2,1-2H3. The van der Waals surface area contributed by atoms with E-state index < -0.39 is 10.0 Å². The summed E-state index contributed by atoms with van der Waals surface area (Å²) in [5.41, 5.74) is 6.67. The predicted molar refractivity (Wildman–Crippen MR) is 77.8 cm³/mol. The topological polar surface area (TPSA) is 81.4 Å². The molecule has 0 aromatic heterocycles. The first-order chi connectivity index (χ1) is 9.40. The lowest BCUT2D eigenvalue weighted by molar-refractivity contribution is 0.107. The fraction of sp³-hybridized carbons (Fsp3) is 0.571. The number of hydrogen-bond acceptors (Lipinski definition) is 4. The molecule has 6 heteroatoms. The maximum atomic E-state index is 12.2. The zero-order valence-electron chi connectivity index (χ0n) is 11.9. The Bertz CT molecular complexity index is 540. The third-order valence-electron chi connectivity index (χ3n) is 3.78. The van der Waals surface area contributed by atoms with E-state index in [0.717, 1.165) is 12.0 Å². The molecule has 0 amide bonds. The van der Waals surface area contributed by atoms with Crippen molar-refractivity contribution in [3.63, 3.8) is 0 Å². The second-order valence-electron chi connectivity index (χ2n) is 5.33. The third kappa shape index (κ3) is 3.58. The third-order valence-corrected chi connectivity index (χ3v) is 5.22. The molecule has 1 aliphatic heterocycles. The Balaban J connectivity index is 2.02. The van der Waals surface area contributed by atoms with Gasteiger partial charge in [0.2, 0.25) is 10.0 Å². The summed E-state index contributed by atoms with van der Waals surface area (Å²) in [6.45, 7) is 4.96. The fourth-order valence-corrected chi connectivity index (χ4v) is 3.39. The van der Waals surface area contributed by atoms with E-state index in [0.29, 0.717) is 13.2 Å². The lowest BCUT2D eigenvalue weighted by Crippen LogP contribution is -2.32. The molecule has 0 bridgehead atoms. The molecule has 1 heterocycles. The number of hydrogen-bond donors (Lipinski definition) is 2. The average Bonchev–Trinajstić information content (AvgIpc) is 2.82. The maximum absolute atomic E-state index is 12.2. The first kappa shape index (κ1) is 15.4. The largest absolute Gasteiger partial charge is 0.378 e. The molecular weight excluding hydrogens is 276 g/mol. The summed E-state index contributed by atoms with van der Waals surface area (Å²) in [4.78, 5) is 0.272. The summed E-state index contributed by atoms with van der Waals surface area (Å²) in [5, 5.41) is 0. The van der Waals surface area contributed by atoms with Crippen LogP contribution < -0.4 is 10.5 Å². The van der Waals surface area contributed by atoms with Crippen LogP contribution in [0.5, 0.6) is 0 Å². The van der Waals surface area contributed by atoms with Gasteiger partial charge in [-0.1, -0.05) is 12.1 Å². The molecule has 3 atom stereocenters. The molecule has 0 saturated carbocycles. The molecular formula is C14H22N2O3S. The van der Waals surface area contributed by atoms with Crippen LogP contribution in [0, 0.1) is 5.92 Å². The van der Waals surface area contributed by atoms with Crippen LogP contribution in [0.4, 0.5) is 0 Å². The number of nitrogens with one attached hydrogen (secondary N) is 1. The molecule has 112 valence electrons. The molecule has 3 N–H and O–H groups in total. The van der Waals surface area contributed by atoms with Gasteiger partial charge in [-0.15, -0.1) is 0 Å². The van der Waals surface area contributed by atoms with Crippen molar-refractivity contribution in [2.24, 2.45) is 11.7 Å². The van der Waals surface area contributed by atoms with Crippen molar-refractivity contribution >= 4 is 10.0 Å². The van der Waals surface area contributed by atoms with Crippen molar-refractivity contribution in [1.29, 1.82) is 0 Å². The Kier molecular flexibility index (Phi) is 4.80. The first-order valence-electron chi connectivity index (χ1n) is 6.87. The smallest absolute Gasteiger partial charge is 0.240 e. The van der Waals surface area contributed by atoms with Crippen LogP contribution in [0.1, 0.15) is 31.9 Å². The molecule has 20 heavy (non-hydrogen) atoms. The van der Waals surface area contributed by atoms with Gasteiger partial charge in [0.25, 0.3) is 0 Å². The lowest BCUT2D eigenvalue weighted by Gasteiger charge is -2.15. The van der Waals surface area contributed by atoms with Gasteiger partial charge in [-0.2, -0.15) is 0 Å². The predicted octanol–water partition coefficient (Wildman–Crippen LogP) is 1.41. The van der Waals surface area contributed by atoms with Crippen molar-refractivity contribution in [3.05, 3.63) is 29.8 Å². The second kappa shape index (κ2) is 6.22. The van der Waals surface area contributed by atoms with Crippen molar-refractivity contribution in [2.75, 3.05) is 13.2 Å². The molecule has 1 aromatic carbocycles. The minimum atomic E-state index is -3.46. The second-order valence-corrected chi connectivity index (χ2v) is 7.10. The molecule has 1 aromatic rings. The summed E-state index contributed by atoms with van der Waals surface area (Å²) < 4.78 is 32.5. The molecule has 2 rings (SSSR count). The number of rotatable bonds is 5.